The van der Waals surface area contributed by atoms with E-state index >= 15 is 0 Å². The Morgan fingerprint density at radius 2 is 1.11 bits per heavy atom. The van der Waals surface area contributed by atoms with E-state index in [-0.39, 0.29) is 0 Å². The van der Waals surface area contributed by atoms with Crippen LogP contribution in [0, 0.1) is 41.4 Å². The molecule has 0 aromatic carbocycles. The Labute approximate surface area is 118 Å². The van der Waals surface area contributed by atoms with Gasteiger partial charge in [-0.15, -0.1) is 11.8 Å². The van der Waals surface area contributed by atoms with Crippen molar-refractivity contribution < 1.29 is 4.74 Å². The summed E-state index contributed by atoms with van der Waals surface area (Å²) in [4.78, 5) is 0. The monoisotopic (exact) mass is 258 g/mol. The molecule has 0 aliphatic heterocycles. The largest absolute Gasteiger partial charge is 0.381 e. The molecule has 0 heterocycles. The highest BCUT2D eigenvalue weighted by Crippen LogP contribution is 2.29. The standard InChI is InChI=1S/C18H26O/c1-3-4-15-5-7-16(8-6-15)9-10-17-11-13-18(19-2)14-12-17/h15-18H,5-8,11-14H2,1-2H3. The molecule has 2 aliphatic carbocycles. The smallest absolute Gasteiger partial charge is 0.0572 e. The average Bonchev–Trinajstić information content (AvgIpc) is 2.47. The Morgan fingerprint density at radius 1 is 0.684 bits per heavy atom. The van der Waals surface area contributed by atoms with E-state index in [9.17, 15) is 0 Å². The van der Waals surface area contributed by atoms with E-state index in [2.05, 4.69) is 23.7 Å². The van der Waals surface area contributed by atoms with E-state index in [0.29, 0.717) is 23.9 Å². The molecule has 0 spiro atoms. The second kappa shape index (κ2) is 7.62. The lowest BCUT2D eigenvalue weighted by molar-refractivity contribution is 0.0636. The molecule has 0 aromatic heterocycles. The molecule has 0 bridgehead atoms. The molecular formula is C18H26O. The summed E-state index contributed by atoms with van der Waals surface area (Å²) in [5.41, 5.74) is 0. The van der Waals surface area contributed by atoms with Crippen LogP contribution in [0.4, 0.5) is 0 Å². The van der Waals surface area contributed by atoms with Crippen molar-refractivity contribution in [3.05, 3.63) is 0 Å². The van der Waals surface area contributed by atoms with Crippen LogP contribution in [0.2, 0.25) is 0 Å². The Morgan fingerprint density at radius 3 is 1.53 bits per heavy atom. The Kier molecular flexibility index (Phi) is 5.81. The van der Waals surface area contributed by atoms with Crippen LogP contribution < -0.4 is 0 Å². The van der Waals surface area contributed by atoms with Crippen LogP contribution in [0.3, 0.4) is 0 Å². The third kappa shape index (κ3) is 4.59. The van der Waals surface area contributed by atoms with E-state index in [1.807, 2.05) is 14.0 Å². The molecule has 1 nitrogen and oxygen atoms in total. The van der Waals surface area contributed by atoms with E-state index in [1.165, 1.54) is 51.4 Å². The number of ether oxygens (including phenoxy) is 1. The van der Waals surface area contributed by atoms with E-state index in [1.54, 1.807) is 0 Å². The van der Waals surface area contributed by atoms with Crippen LogP contribution in [-0.2, 0) is 4.74 Å². The summed E-state index contributed by atoms with van der Waals surface area (Å²) in [7, 11) is 1.83. The lowest BCUT2D eigenvalue weighted by Gasteiger charge is -2.25. The molecule has 104 valence electrons. The highest BCUT2D eigenvalue weighted by molar-refractivity contribution is 5.11. The van der Waals surface area contributed by atoms with E-state index in [0.717, 1.165) is 0 Å². The minimum atomic E-state index is 0.487. The molecule has 0 aromatic rings. The molecule has 2 aliphatic rings. The molecule has 0 atom stereocenters. The summed E-state index contributed by atoms with van der Waals surface area (Å²) in [5.74, 6) is 15.3. The Balaban J connectivity index is 1.74. The van der Waals surface area contributed by atoms with Crippen LogP contribution in [0.5, 0.6) is 0 Å². The van der Waals surface area contributed by atoms with Crippen LogP contribution in [-0.4, -0.2) is 13.2 Å². The molecule has 0 N–H and O–H groups in total. The Bertz CT molecular complexity index is 373. The van der Waals surface area contributed by atoms with Gasteiger partial charge in [-0.3, -0.25) is 0 Å². The maximum atomic E-state index is 5.41. The molecule has 0 amide bonds. The van der Waals surface area contributed by atoms with Gasteiger partial charge in [0.2, 0.25) is 0 Å². The first kappa shape index (κ1) is 14.5. The van der Waals surface area contributed by atoms with Crippen molar-refractivity contribution in [2.75, 3.05) is 7.11 Å². The highest BCUT2D eigenvalue weighted by Gasteiger charge is 2.20. The van der Waals surface area contributed by atoms with Gasteiger partial charge < -0.3 is 4.74 Å². The summed E-state index contributed by atoms with van der Waals surface area (Å²) < 4.78 is 5.41. The molecule has 1 heteroatoms. The molecule has 0 saturated heterocycles. The van der Waals surface area contributed by atoms with Crippen molar-refractivity contribution in [3.8, 4) is 23.7 Å². The van der Waals surface area contributed by atoms with Gasteiger partial charge in [0.15, 0.2) is 0 Å². The number of hydrogen-bond donors (Lipinski definition) is 0. The minimum absolute atomic E-state index is 0.487. The molecule has 0 radical (unpaired) electrons. The maximum Gasteiger partial charge on any atom is 0.0572 e. The highest BCUT2D eigenvalue weighted by atomic mass is 16.5. The lowest BCUT2D eigenvalue weighted by Crippen LogP contribution is -2.19. The normalized spacial score (nSPS) is 34.6. The van der Waals surface area contributed by atoms with Gasteiger partial charge in [-0.2, -0.15) is 0 Å². The van der Waals surface area contributed by atoms with Gasteiger partial charge in [-0.1, -0.05) is 11.8 Å². The molecule has 0 unspecified atom stereocenters. The number of rotatable bonds is 1. The number of hydrogen-bond acceptors (Lipinski definition) is 1. The van der Waals surface area contributed by atoms with E-state index in [4.69, 9.17) is 4.74 Å². The number of methoxy groups -OCH3 is 1. The molecule has 2 fully saturated rings. The summed E-state index contributed by atoms with van der Waals surface area (Å²) in [5, 5.41) is 0. The van der Waals surface area contributed by atoms with Crippen molar-refractivity contribution in [2.24, 2.45) is 17.8 Å². The summed E-state index contributed by atoms with van der Waals surface area (Å²) in [6.07, 6.45) is 10.3. The van der Waals surface area contributed by atoms with Gasteiger partial charge in [-0.05, 0) is 58.3 Å². The van der Waals surface area contributed by atoms with Crippen molar-refractivity contribution in [3.63, 3.8) is 0 Å². The fourth-order valence-corrected chi connectivity index (χ4v) is 3.26. The van der Waals surface area contributed by atoms with Gasteiger partial charge in [-0.25, -0.2) is 0 Å². The van der Waals surface area contributed by atoms with Gasteiger partial charge in [0.1, 0.15) is 0 Å². The predicted octanol–water partition coefficient (Wildman–Crippen LogP) is 4.02. The van der Waals surface area contributed by atoms with Gasteiger partial charge in [0.05, 0.1) is 6.10 Å². The summed E-state index contributed by atoms with van der Waals surface area (Å²) >= 11 is 0. The fraction of sp³-hybridized carbons (Fsp3) is 0.778. The first-order valence-corrected chi connectivity index (χ1v) is 7.78. The second-order valence-corrected chi connectivity index (χ2v) is 5.94. The van der Waals surface area contributed by atoms with Crippen molar-refractivity contribution >= 4 is 0 Å². The molecule has 2 saturated carbocycles. The van der Waals surface area contributed by atoms with Crippen LogP contribution >= 0.6 is 0 Å². The zero-order chi connectivity index (χ0) is 13.5. The molecule has 19 heavy (non-hydrogen) atoms. The third-order valence-electron chi connectivity index (χ3n) is 4.57. The van der Waals surface area contributed by atoms with Crippen LogP contribution in [0.25, 0.3) is 0 Å². The van der Waals surface area contributed by atoms with Gasteiger partial charge >= 0.3 is 0 Å². The molecule has 2 rings (SSSR count). The van der Waals surface area contributed by atoms with Crippen molar-refractivity contribution in [1.29, 1.82) is 0 Å². The second-order valence-electron chi connectivity index (χ2n) is 5.94. The third-order valence-corrected chi connectivity index (χ3v) is 4.57. The summed E-state index contributed by atoms with van der Waals surface area (Å²) in [6.45, 7) is 1.95. The van der Waals surface area contributed by atoms with E-state index < -0.39 is 0 Å². The Hall–Kier alpha value is -0.920. The topological polar surface area (TPSA) is 9.23 Å². The summed E-state index contributed by atoms with van der Waals surface area (Å²) in [6, 6.07) is 0. The zero-order valence-corrected chi connectivity index (χ0v) is 12.4. The van der Waals surface area contributed by atoms with Gasteiger partial charge in [0.25, 0.3) is 0 Å². The SMILES string of the molecule is CC#CC1CCC(C#CC2CCC(OC)CC2)CC1. The lowest BCUT2D eigenvalue weighted by atomic mass is 9.81. The minimum Gasteiger partial charge on any atom is -0.381 e. The van der Waals surface area contributed by atoms with Crippen LogP contribution in [0.15, 0.2) is 0 Å². The predicted molar refractivity (Wildman–Crippen MR) is 79.4 cm³/mol. The van der Waals surface area contributed by atoms with Crippen LogP contribution in [0.1, 0.15) is 58.3 Å². The molecular weight excluding hydrogens is 232 g/mol. The average molecular weight is 258 g/mol. The van der Waals surface area contributed by atoms with Gasteiger partial charge in [0, 0.05) is 24.9 Å². The maximum absolute atomic E-state index is 5.41. The zero-order valence-electron chi connectivity index (χ0n) is 12.4. The first-order chi connectivity index (χ1) is 9.31. The fourth-order valence-electron chi connectivity index (χ4n) is 3.26. The van der Waals surface area contributed by atoms with Crippen molar-refractivity contribution in [2.45, 2.75) is 64.4 Å². The van der Waals surface area contributed by atoms with Crippen molar-refractivity contribution in [1.82, 2.24) is 0 Å². The first-order valence-electron chi connectivity index (χ1n) is 7.78. The quantitative estimate of drug-likeness (QED) is 0.645.